The molecule has 0 radical (unpaired) electrons. The number of carbonyl (C=O) groups excluding carboxylic acids is 1. The fourth-order valence-electron chi connectivity index (χ4n) is 1.79. The number of rotatable bonds is 4. The van der Waals surface area contributed by atoms with E-state index in [1.807, 2.05) is 0 Å². The number of nitrogens with one attached hydrogen (secondary N) is 1. The SMILES string of the molecule is CC(C)=C(C)C(=O)NC(C)(C(=O)O)c1ccc(C(F)(F)F)cc1. The third-order valence-electron chi connectivity index (χ3n) is 3.67. The predicted octanol–water partition coefficient (Wildman–Crippen LogP) is 3.48. The molecular formula is C16H18F3NO3. The second-order valence-corrected chi connectivity index (χ2v) is 5.58. The molecule has 4 nitrogen and oxygen atoms in total. The Morgan fingerprint density at radius 2 is 1.43 bits per heavy atom. The minimum absolute atomic E-state index is 0.0490. The van der Waals surface area contributed by atoms with E-state index in [0.717, 1.165) is 24.3 Å². The summed E-state index contributed by atoms with van der Waals surface area (Å²) in [6.45, 7) is 6.17. The fraction of sp³-hybridized carbons (Fsp3) is 0.375. The maximum atomic E-state index is 12.6. The van der Waals surface area contributed by atoms with Crippen LogP contribution in [0.5, 0.6) is 0 Å². The Balaban J connectivity index is 3.23. The maximum Gasteiger partial charge on any atom is 0.416 e. The molecule has 7 heteroatoms. The van der Waals surface area contributed by atoms with E-state index in [4.69, 9.17) is 0 Å². The highest BCUT2D eigenvalue weighted by Gasteiger charge is 2.38. The highest BCUT2D eigenvalue weighted by atomic mass is 19.4. The molecule has 1 aromatic carbocycles. The van der Waals surface area contributed by atoms with Gasteiger partial charge in [0.05, 0.1) is 5.56 Å². The van der Waals surface area contributed by atoms with Crippen molar-refractivity contribution in [3.05, 3.63) is 46.5 Å². The van der Waals surface area contributed by atoms with E-state index in [0.29, 0.717) is 11.1 Å². The lowest BCUT2D eigenvalue weighted by Gasteiger charge is -2.27. The Morgan fingerprint density at radius 3 is 1.78 bits per heavy atom. The smallest absolute Gasteiger partial charge is 0.416 e. The van der Waals surface area contributed by atoms with Crippen LogP contribution < -0.4 is 5.32 Å². The van der Waals surface area contributed by atoms with Gasteiger partial charge in [0.15, 0.2) is 5.54 Å². The van der Waals surface area contributed by atoms with Crippen molar-refractivity contribution >= 4 is 11.9 Å². The summed E-state index contributed by atoms with van der Waals surface area (Å²) in [5.74, 6) is -1.96. The molecule has 1 unspecified atom stereocenters. The van der Waals surface area contributed by atoms with Crippen LogP contribution in [-0.2, 0) is 21.3 Å². The van der Waals surface area contributed by atoms with Gasteiger partial charge in [0.1, 0.15) is 0 Å². The molecule has 0 fully saturated rings. The first-order chi connectivity index (χ1) is 10.4. The van der Waals surface area contributed by atoms with E-state index in [1.54, 1.807) is 20.8 Å². The number of halogens is 3. The summed E-state index contributed by atoms with van der Waals surface area (Å²) in [6, 6.07) is 3.68. The van der Waals surface area contributed by atoms with Crippen molar-refractivity contribution in [1.82, 2.24) is 5.32 Å². The van der Waals surface area contributed by atoms with Crippen molar-refractivity contribution < 1.29 is 27.9 Å². The molecule has 126 valence electrons. The molecule has 0 aliphatic carbocycles. The summed E-state index contributed by atoms with van der Waals surface area (Å²) >= 11 is 0. The summed E-state index contributed by atoms with van der Waals surface area (Å²) in [6.07, 6.45) is -4.51. The minimum Gasteiger partial charge on any atom is -0.479 e. The number of alkyl halides is 3. The van der Waals surface area contributed by atoms with Crippen LogP contribution >= 0.6 is 0 Å². The third-order valence-corrected chi connectivity index (χ3v) is 3.67. The van der Waals surface area contributed by atoms with Gasteiger partial charge in [-0.05, 0) is 45.4 Å². The summed E-state index contributed by atoms with van der Waals surface area (Å²) in [5, 5.41) is 11.8. The van der Waals surface area contributed by atoms with Crippen LogP contribution in [0, 0.1) is 0 Å². The molecule has 0 saturated heterocycles. The van der Waals surface area contributed by atoms with Gasteiger partial charge in [0.25, 0.3) is 0 Å². The summed E-state index contributed by atoms with van der Waals surface area (Å²) < 4.78 is 37.8. The summed E-state index contributed by atoms with van der Waals surface area (Å²) in [4.78, 5) is 23.7. The third kappa shape index (κ3) is 4.12. The van der Waals surface area contributed by atoms with E-state index in [1.165, 1.54) is 6.92 Å². The molecule has 23 heavy (non-hydrogen) atoms. The first kappa shape index (κ1) is 18.7. The number of hydrogen-bond donors (Lipinski definition) is 2. The van der Waals surface area contributed by atoms with Crippen LogP contribution in [0.2, 0.25) is 0 Å². The van der Waals surface area contributed by atoms with Crippen molar-refractivity contribution in [3.8, 4) is 0 Å². The molecule has 0 aliphatic heterocycles. The Morgan fingerprint density at radius 1 is 1.00 bits per heavy atom. The maximum absolute atomic E-state index is 12.6. The van der Waals surface area contributed by atoms with Gasteiger partial charge in [0.2, 0.25) is 5.91 Å². The molecular weight excluding hydrogens is 311 g/mol. The Bertz CT molecular complexity index is 644. The first-order valence-electron chi connectivity index (χ1n) is 6.77. The number of carbonyl (C=O) groups is 2. The van der Waals surface area contributed by atoms with E-state index in [-0.39, 0.29) is 5.56 Å². The van der Waals surface area contributed by atoms with Crippen molar-refractivity contribution in [2.24, 2.45) is 0 Å². The van der Waals surface area contributed by atoms with Gasteiger partial charge < -0.3 is 10.4 Å². The van der Waals surface area contributed by atoms with Crippen molar-refractivity contribution in [2.75, 3.05) is 0 Å². The van der Waals surface area contributed by atoms with Gasteiger partial charge in [0, 0.05) is 5.57 Å². The van der Waals surface area contributed by atoms with Gasteiger partial charge in [-0.15, -0.1) is 0 Å². The average molecular weight is 329 g/mol. The molecule has 2 N–H and O–H groups in total. The molecule has 0 saturated carbocycles. The van der Waals surface area contributed by atoms with E-state index in [9.17, 15) is 27.9 Å². The number of aliphatic carboxylic acids is 1. The number of carboxylic acid groups (broad SMARTS) is 1. The first-order valence-corrected chi connectivity index (χ1v) is 6.77. The van der Waals surface area contributed by atoms with Gasteiger partial charge in [-0.3, -0.25) is 4.79 Å². The number of hydrogen-bond acceptors (Lipinski definition) is 2. The van der Waals surface area contributed by atoms with Gasteiger partial charge in [-0.25, -0.2) is 4.79 Å². The fourth-order valence-corrected chi connectivity index (χ4v) is 1.79. The lowest BCUT2D eigenvalue weighted by molar-refractivity contribution is -0.146. The van der Waals surface area contributed by atoms with Crippen molar-refractivity contribution in [1.29, 1.82) is 0 Å². The quantitative estimate of drug-likeness (QED) is 0.831. The number of amides is 1. The van der Waals surface area contributed by atoms with Crippen LogP contribution in [0.1, 0.15) is 38.8 Å². The highest BCUT2D eigenvalue weighted by molar-refractivity contribution is 5.97. The Hall–Kier alpha value is -2.31. The molecule has 1 rings (SSSR count). The zero-order valence-electron chi connectivity index (χ0n) is 13.2. The average Bonchev–Trinajstić information content (AvgIpc) is 2.45. The Kier molecular flexibility index (Phi) is 5.24. The van der Waals surface area contributed by atoms with Crippen LogP contribution in [0.25, 0.3) is 0 Å². The van der Waals surface area contributed by atoms with Crippen molar-refractivity contribution in [3.63, 3.8) is 0 Å². The molecule has 1 atom stereocenters. The molecule has 0 spiro atoms. The van der Waals surface area contributed by atoms with E-state index in [2.05, 4.69) is 5.32 Å². The number of allylic oxidation sites excluding steroid dienone is 1. The monoisotopic (exact) mass is 329 g/mol. The lowest BCUT2D eigenvalue weighted by Crippen LogP contribution is -2.50. The topological polar surface area (TPSA) is 66.4 Å². The zero-order valence-corrected chi connectivity index (χ0v) is 13.2. The minimum atomic E-state index is -4.51. The van der Waals surface area contributed by atoms with Crippen LogP contribution in [0.4, 0.5) is 13.2 Å². The van der Waals surface area contributed by atoms with Crippen molar-refractivity contribution in [2.45, 2.75) is 39.4 Å². The van der Waals surface area contributed by atoms with Crippen LogP contribution in [0.15, 0.2) is 35.4 Å². The normalized spacial score (nSPS) is 13.9. The Labute approximate surface area is 132 Å². The molecule has 0 bridgehead atoms. The molecule has 1 amide bonds. The van der Waals surface area contributed by atoms with Crippen LogP contribution in [0.3, 0.4) is 0 Å². The molecule has 0 heterocycles. The second-order valence-electron chi connectivity index (χ2n) is 5.58. The largest absolute Gasteiger partial charge is 0.479 e. The van der Waals surface area contributed by atoms with E-state index >= 15 is 0 Å². The molecule has 1 aromatic rings. The zero-order chi connectivity index (χ0) is 18.0. The predicted molar refractivity (Wildman–Crippen MR) is 78.6 cm³/mol. The summed E-state index contributed by atoms with van der Waals surface area (Å²) in [5.41, 5.74) is -1.61. The standard InChI is InChI=1S/C16H18F3NO3/c1-9(2)10(3)13(21)20-15(4,14(22)23)11-5-7-12(8-6-11)16(17,18)19/h5-8H,1-4H3,(H,20,21)(H,22,23). The molecule has 0 aliphatic rings. The van der Waals surface area contributed by atoms with Gasteiger partial charge in [-0.2, -0.15) is 13.2 Å². The highest BCUT2D eigenvalue weighted by Crippen LogP contribution is 2.31. The van der Waals surface area contributed by atoms with Gasteiger partial charge >= 0.3 is 12.1 Å². The van der Waals surface area contributed by atoms with Crippen LogP contribution in [-0.4, -0.2) is 17.0 Å². The summed E-state index contributed by atoms with van der Waals surface area (Å²) in [7, 11) is 0. The number of carboxylic acids is 1. The number of benzene rings is 1. The molecule has 0 aromatic heterocycles. The second kappa shape index (κ2) is 6.44. The van der Waals surface area contributed by atoms with E-state index < -0.39 is 29.2 Å². The lowest BCUT2D eigenvalue weighted by atomic mass is 9.90. The van der Waals surface area contributed by atoms with Gasteiger partial charge in [-0.1, -0.05) is 17.7 Å².